The highest BCUT2D eigenvalue weighted by Crippen LogP contribution is 2.38. The zero-order valence-electron chi connectivity index (χ0n) is 22.2. The van der Waals surface area contributed by atoms with Crippen LogP contribution in [0.3, 0.4) is 0 Å². The van der Waals surface area contributed by atoms with Crippen molar-refractivity contribution in [3.8, 4) is 0 Å². The molecule has 0 bridgehead atoms. The number of methoxy groups -OCH3 is 1. The molecular formula is C30H31N5O4. The molecule has 0 aromatic heterocycles. The van der Waals surface area contributed by atoms with Crippen LogP contribution in [0.2, 0.25) is 0 Å². The molecule has 0 spiro atoms. The van der Waals surface area contributed by atoms with Crippen LogP contribution < -0.4 is 15.5 Å². The summed E-state index contributed by atoms with van der Waals surface area (Å²) in [6.45, 7) is 3.14. The number of ether oxygens (including phenoxy) is 1. The number of anilines is 3. The van der Waals surface area contributed by atoms with Gasteiger partial charge >= 0.3 is 12.0 Å². The fourth-order valence-electron chi connectivity index (χ4n) is 4.78. The molecule has 0 unspecified atom stereocenters. The van der Waals surface area contributed by atoms with Crippen LogP contribution in [0, 0.1) is 0 Å². The molecule has 3 amide bonds. The molecule has 9 heteroatoms. The van der Waals surface area contributed by atoms with Crippen molar-refractivity contribution in [1.29, 1.82) is 0 Å². The number of nitrogens with one attached hydrogen (secondary N) is 2. The molecule has 3 aromatic carbocycles. The number of esters is 1. The molecule has 2 N–H and O–H groups in total. The highest BCUT2D eigenvalue weighted by Gasteiger charge is 2.29. The van der Waals surface area contributed by atoms with Crippen molar-refractivity contribution < 1.29 is 19.1 Å². The molecule has 9 nitrogen and oxygen atoms in total. The number of benzene rings is 3. The summed E-state index contributed by atoms with van der Waals surface area (Å²) in [5, 5.41) is 6.31. The Bertz CT molecular complexity index is 1430. The first-order valence-electron chi connectivity index (χ1n) is 12.8. The third-order valence-corrected chi connectivity index (χ3v) is 7.08. The molecule has 0 aliphatic carbocycles. The second kappa shape index (κ2) is 11.0. The Morgan fingerprint density at radius 2 is 1.62 bits per heavy atom. The van der Waals surface area contributed by atoms with Crippen molar-refractivity contribution in [2.75, 3.05) is 62.9 Å². The van der Waals surface area contributed by atoms with E-state index in [1.807, 2.05) is 59.5 Å². The van der Waals surface area contributed by atoms with E-state index in [4.69, 9.17) is 4.74 Å². The lowest BCUT2D eigenvalue weighted by molar-refractivity contribution is -0.110. The molecular weight excluding hydrogens is 494 g/mol. The van der Waals surface area contributed by atoms with Crippen molar-refractivity contribution >= 4 is 46.2 Å². The van der Waals surface area contributed by atoms with Crippen LogP contribution in [0.25, 0.3) is 11.3 Å². The topological polar surface area (TPSA) is 94.2 Å². The Hall–Kier alpha value is -4.63. The number of likely N-dealkylation sites (N-methyl/N-ethyl adjacent to an activating group) is 1. The predicted molar refractivity (Wildman–Crippen MR) is 153 cm³/mol. The quantitative estimate of drug-likeness (QED) is 0.383. The molecule has 3 aromatic rings. The molecule has 39 heavy (non-hydrogen) atoms. The Kier molecular flexibility index (Phi) is 7.33. The van der Waals surface area contributed by atoms with Crippen molar-refractivity contribution in [3.63, 3.8) is 0 Å². The summed E-state index contributed by atoms with van der Waals surface area (Å²) in [7, 11) is 5.16. The first kappa shape index (κ1) is 26.0. The number of urea groups is 1. The van der Waals surface area contributed by atoms with Crippen molar-refractivity contribution in [1.82, 2.24) is 9.80 Å². The Balaban J connectivity index is 1.44. The minimum atomic E-state index is -0.470. The second-order valence-electron chi connectivity index (χ2n) is 9.63. The molecule has 0 saturated carbocycles. The SMILES string of the molecule is COC(=O)c1ccc2c(c1)NC(=O)C2=C(Nc1ccc(N(C)C(=O)N2CCN(C)CC2)cc1)c1ccccc1. The van der Waals surface area contributed by atoms with E-state index in [9.17, 15) is 14.4 Å². The van der Waals surface area contributed by atoms with E-state index in [0.717, 1.165) is 30.0 Å². The summed E-state index contributed by atoms with van der Waals surface area (Å²) in [6, 6.07) is 22.1. The fourth-order valence-corrected chi connectivity index (χ4v) is 4.78. The third-order valence-electron chi connectivity index (χ3n) is 7.08. The van der Waals surface area contributed by atoms with Crippen LogP contribution in [-0.4, -0.2) is 75.1 Å². The Morgan fingerprint density at radius 1 is 0.923 bits per heavy atom. The average Bonchev–Trinajstić information content (AvgIpc) is 3.30. The molecule has 1 saturated heterocycles. The molecule has 0 radical (unpaired) electrons. The van der Waals surface area contributed by atoms with E-state index in [0.29, 0.717) is 41.2 Å². The van der Waals surface area contributed by atoms with Gasteiger partial charge in [0.1, 0.15) is 0 Å². The highest BCUT2D eigenvalue weighted by molar-refractivity contribution is 6.37. The van der Waals surface area contributed by atoms with Crippen LogP contribution in [0.4, 0.5) is 21.9 Å². The number of piperazine rings is 1. The lowest BCUT2D eigenvalue weighted by Crippen LogP contribution is -2.51. The number of hydrogen-bond donors (Lipinski definition) is 2. The summed E-state index contributed by atoms with van der Waals surface area (Å²) >= 11 is 0. The van der Waals surface area contributed by atoms with E-state index in [1.54, 1.807) is 30.1 Å². The third kappa shape index (κ3) is 5.35. The largest absolute Gasteiger partial charge is 0.465 e. The van der Waals surface area contributed by atoms with Gasteiger partial charge in [-0.1, -0.05) is 36.4 Å². The van der Waals surface area contributed by atoms with Gasteiger partial charge in [0.05, 0.1) is 29.6 Å². The second-order valence-corrected chi connectivity index (χ2v) is 9.63. The predicted octanol–water partition coefficient (Wildman–Crippen LogP) is 4.21. The zero-order chi connectivity index (χ0) is 27.5. The lowest BCUT2D eigenvalue weighted by atomic mass is 9.99. The normalized spacial score (nSPS) is 16.3. The van der Waals surface area contributed by atoms with E-state index in [-0.39, 0.29) is 11.9 Å². The smallest absolute Gasteiger partial charge is 0.337 e. The molecule has 0 atom stereocenters. The van der Waals surface area contributed by atoms with Gasteiger partial charge in [0.15, 0.2) is 0 Å². The van der Waals surface area contributed by atoms with Gasteiger partial charge in [-0.3, -0.25) is 9.69 Å². The highest BCUT2D eigenvalue weighted by atomic mass is 16.5. The van der Waals surface area contributed by atoms with E-state index in [1.165, 1.54) is 7.11 Å². The molecule has 2 aliphatic rings. The number of hydrogen-bond acceptors (Lipinski definition) is 6. The maximum absolute atomic E-state index is 13.2. The van der Waals surface area contributed by atoms with Gasteiger partial charge in [0.25, 0.3) is 5.91 Å². The van der Waals surface area contributed by atoms with Gasteiger partial charge in [0.2, 0.25) is 0 Å². The number of carbonyl (C=O) groups is 3. The van der Waals surface area contributed by atoms with Gasteiger partial charge < -0.3 is 25.2 Å². The van der Waals surface area contributed by atoms with E-state index < -0.39 is 5.97 Å². The summed E-state index contributed by atoms with van der Waals surface area (Å²) in [6.07, 6.45) is 0. The van der Waals surface area contributed by atoms with E-state index >= 15 is 0 Å². The maximum Gasteiger partial charge on any atom is 0.337 e. The number of carbonyl (C=O) groups excluding carboxylic acids is 3. The van der Waals surface area contributed by atoms with Crippen LogP contribution in [0.1, 0.15) is 21.5 Å². The number of amides is 3. The number of rotatable bonds is 5. The van der Waals surface area contributed by atoms with Gasteiger partial charge in [-0.2, -0.15) is 0 Å². The van der Waals surface area contributed by atoms with Crippen molar-refractivity contribution in [2.24, 2.45) is 0 Å². The molecule has 2 aliphatic heterocycles. The van der Waals surface area contributed by atoms with Crippen LogP contribution in [0.15, 0.2) is 72.8 Å². The molecule has 1 fully saturated rings. The Labute approximate surface area is 227 Å². The molecule has 200 valence electrons. The molecule has 2 heterocycles. The minimum Gasteiger partial charge on any atom is -0.465 e. The number of nitrogens with zero attached hydrogens (tertiary/aromatic N) is 3. The first-order chi connectivity index (χ1) is 18.9. The summed E-state index contributed by atoms with van der Waals surface area (Å²) in [5.41, 5.74) is 5.07. The van der Waals surface area contributed by atoms with Gasteiger partial charge in [0, 0.05) is 50.2 Å². The monoisotopic (exact) mass is 525 g/mol. The standard InChI is InChI=1S/C30H31N5O4/c1-33-15-17-35(18-16-33)30(38)34(2)23-12-10-22(11-13-23)31-27(20-7-5-4-6-8-20)26-24-14-9-21(29(37)39-3)19-25(24)32-28(26)36/h4-14,19,31H,15-18H2,1-3H3,(H,32,36). The fraction of sp³-hybridized carbons (Fsp3) is 0.233. The lowest BCUT2D eigenvalue weighted by Gasteiger charge is -2.35. The van der Waals surface area contributed by atoms with Gasteiger partial charge in [-0.25, -0.2) is 9.59 Å². The molecule has 5 rings (SSSR count). The van der Waals surface area contributed by atoms with Gasteiger partial charge in [-0.15, -0.1) is 0 Å². The average molecular weight is 526 g/mol. The van der Waals surface area contributed by atoms with Gasteiger partial charge in [-0.05, 0) is 49.0 Å². The van der Waals surface area contributed by atoms with Crippen molar-refractivity contribution in [2.45, 2.75) is 0 Å². The Morgan fingerprint density at radius 3 is 2.28 bits per heavy atom. The number of fused-ring (bicyclic) bond motifs is 1. The van der Waals surface area contributed by atoms with E-state index in [2.05, 4.69) is 22.6 Å². The van der Waals surface area contributed by atoms with Crippen LogP contribution >= 0.6 is 0 Å². The maximum atomic E-state index is 13.2. The summed E-state index contributed by atoms with van der Waals surface area (Å²) in [4.78, 5) is 43.9. The van der Waals surface area contributed by atoms with Crippen LogP contribution in [-0.2, 0) is 9.53 Å². The van der Waals surface area contributed by atoms with Crippen LogP contribution in [0.5, 0.6) is 0 Å². The zero-order valence-corrected chi connectivity index (χ0v) is 22.2. The first-order valence-corrected chi connectivity index (χ1v) is 12.8. The minimum absolute atomic E-state index is 0.0264. The summed E-state index contributed by atoms with van der Waals surface area (Å²) in [5.74, 6) is -0.741. The van der Waals surface area contributed by atoms with Crippen molar-refractivity contribution in [3.05, 3.63) is 89.5 Å². The summed E-state index contributed by atoms with van der Waals surface area (Å²) < 4.78 is 4.82.